The third-order valence-corrected chi connectivity index (χ3v) is 2.52. The van der Waals surface area contributed by atoms with Gasteiger partial charge in [0.2, 0.25) is 0 Å². The fourth-order valence-electron chi connectivity index (χ4n) is 1.90. The smallest absolute Gasteiger partial charge is 0.170 e. The number of anilines is 1. The lowest BCUT2D eigenvalue weighted by molar-refractivity contribution is 0.384. The van der Waals surface area contributed by atoms with Crippen molar-refractivity contribution in [1.82, 2.24) is 0 Å². The monoisotopic (exact) mass is 195 g/mol. The molecular weight excluding hydrogens is 181 g/mol. The predicted molar refractivity (Wildman–Crippen MR) is 54.4 cm³/mol. The van der Waals surface area contributed by atoms with Crippen molar-refractivity contribution in [3.8, 4) is 5.75 Å². The van der Waals surface area contributed by atoms with E-state index in [4.69, 9.17) is 4.74 Å². The van der Waals surface area contributed by atoms with E-state index in [-0.39, 0.29) is 11.4 Å². The first-order valence-electron chi connectivity index (χ1n) is 4.67. The third kappa shape index (κ3) is 1.33. The van der Waals surface area contributed by atoms with Crippen LogP contribution in [-0.4, -0.2) is 12.6 Å². The highest BCUT2D eigenvalue weighted by molar-refractivity contribution is 5.61. The predicted octanol–water partition coefficient (Wildman–Crippen LogP) is 2.58. The minimum Gasteiger partial charge on any atom is -0.494 e. The van der Waals surface area contributed by atoms with Crippen molar-refractivity contribution in [2.75, 3.05) is 12.4 Å². The van der Waals surface area contributed by atoms with Crippen LogP contribution in [0.5, 0.6) is 5.75 Å². The molecule has 1 aliphatic heterocycles. The van der Waals surface area contributed by atoms with Crippen LogP contribution in [0.1, 0.15) is 19.4 Å². The Bertz CT molecular complexity index is 374. The molecule has 0 atom stereocenters. The summed E-state index contributed by atoms with van der Waals surface area (Å²) < 4.78 is 18.7. The first-order valence-corrected chi connectivity index (χ1v) is 4.67. The summed E-state index contributed by atoms with van der Waals surface area (Å²) in [6, 6.07) is 3.52. The van der Waals surface area contributed by atoms with Crippen LogP contribution in [0, 0.1) is 5.82 Å². The molecule has 1 heterocycles. The summed E-state index contributed by atoms with van der Waals surface area (Å²) in [6.45, 7) is 4.11. The number of rotatable bonds is 1. The van der Waals surface area contributed by atoms with Gasteiger partial charge in [0.05, 0.1) is 7.11 Å². The second-order valence-electron chi connectivity index (χ2n) is 4.29. The van der Waals surface area contributed by atoms with Crippen LogP contribution in [0.15, 0.2) is 12.1 Å². The van der Waals surface area contributed by atoms with Gasteiger partial charge in [0, 0.05) is 16.8 Å². The summed E-state index contributed by atoms with van der Waals surface area (Å²) in [7, 11) is 1.48. The van der Waals surface area contributed by atoms with Crippen molar-refractivity contribution in [2.24, 2.45) is 0 Å². The number of hydrogen-bond acceptors (Lipinski definition) is 2. The Hall–Kier alpha value is -1.25. The van der Waals surface area contributed by atoms with Gasteiger partial charge in [-0.05, 0) is 32.4 Å². The molecular formula is C11H14FNO. The Balaban J connectivity index is 2.48. The van der Waals surface area contributed by atoms with E-state index in [1.165, 1.54) is 7.11 Å². The molecule has 0 aromatic heterocycles. The van der Waals surface area contributed by atoms with E-state index in [1.54, 1.807) is 6.07 Å². The Morgan fingerprint density at radius 3 is 2.79 bits per heavy atom. The van der Waals surface area contributed by atoms with Crippen molar-refractivity contribution < 1.29 is 9.13 Å². The minimum absolute atomic E-state index is 0.0600. The van der Waals surface area contributed by atoms with Crippen molar-refractivity contribution in [3.05, 3.63) is 23.5 Å². The zero-order valence-corrected chi connectivity index (χ0v) is 8.65. The maximum atomic E-state index is 13.8. The van der Waals surface area contributed by atoms with Crippen molar-refractivity contribution in [1.29, 1.82) is 0 Å². The first-order chi connectivity index (χ1) is 6.53. The van der Waals surface area contributed by atoms with Crippen molar-refractivity contribution >= 4 is 5.69 Å². The number of hydrogen-bond donors (Lipinski definition) is 1. The SMILES string of the molecule is COc1ccc2c(c1F)CC(C)(C)N2. The number of halogens is 1. The van der Waals surface area contributed by atoms with Gasteiger partial charge in [-0.3, -0.25) is 0 Å². The molecule has 0 unspecified atom stereocenters. The van der Waals surface area contributed by atoms with Crippen LogP contribution in [0.2, 0.25) is 0 Å². The van der Waals surface area contributed by atoms with E-state index in [2.05, 4.69) is 19.2 Å². The van der Waals surface area contributed by atoms with Crippen LogP contribution in [0.25, 0.3) is 0 Å². The van der Waals surface area contributed by atoms with Gasteiger partial charge in [-0.1, -0.05) is 0 Å². The average Bonchev–Trinajstić information content (AvgIpc) is 2.42. The summed E-state index contributed by atoms with van der Waals surface area (Å²) in [5, 5.41) is 3.27. The van der Waals surface area contributed by atoms with E-state index in [9.17, 15) is 4.39 Å². The normalized spacial score (nSPS) is 17.4. The van der Waals surface area contributed by atoms with Gasteiger partial charge < -0.3 is 10.1 Å². The molecule has 0 aliphatic carbocycles. The topological polar surface area (TPSA) is 21.3 Å². The second-order valence-corrected chi connectivity index (χ2v) is 4.29. The second kappa shape index (κ2) is 2.87. The van der Waals surface area contributed by atoms with Crippen molar-refractivity contribution in [3.63, 3.8) is 0 Å². The molecule has 0 bridgehead atoms. The fourth-order valence-corrected chi connectivity index (χ4v) is 1.90. The maximum Gasteiger partial charge on any atom is 0.170 e. The third-order valence-electron chi connectivity index (χ3n) is 2.52. The summed E-state index contributed by atoms with van der Waals surface area (Å²) >= 11 is 0. The van der Waals surface area contributed by atoms with Gasteiger partial charge in [0.15, 0.2) is 11.6 Å². The largest absolute Gasteiger partial charge is 0.494 e. The summed E-state index contributed by atoms with van der Waals surface area (Å²) in [6.07, 6.45) is 0.700. The molecule has 2 rings (SSSR count). The van der Waals surface area contributed by atoms with Crippen LogP contribution in [0.3, 0.4) is 0 Å². The summed E-state index contributed by atoms with van der Waals surface area (Å²) in [4.78, 5) is 0. The van der Waals surface area contributed by atoms with Gasteiger partial charge in [0.25, 0.3) is 0 Å². The van der Waals surface area contributed by atoms with Gasteiger partial charge in [-0.2, -0.15) is 0 Å². The number of nitrogens with one attached hydrogen (secondary N) is 1. The van der Waals surface area contributed by atoms with E-state index < -0.39 is 0 Å². The van der Waals surface area contributed by atoms with Crippen LogP contribution < -0.4 is 10.1 Å². The molecule has 0 spiro atoms. The molecule has 1 aliphatic rings. The van der Waals surface area contributed by atoms with Crippen molar-refractivity contribution in [2.45, 2.75) is 25.8 Å². The van der Waals surface area contributed by atoms with Gasteiger partial charge in [-0.15, -0.1) is 0 Å². The zero-order chi connectivity index (χ0) is 10.3. The average molecular weight is 195 g/mol. The lowest BCUT2D eigenvalue weighted by Gasteiger charge is -2.17. The summed E-state index contributed by atoms with van der Waals surface area (Å²) in [5.41, 5.74) is 1.55. The molecule has 1 N–H and O–H groups in total. The summed E-state index contributed by atoms with van der Waals surface area (Å²) in [5.74, 6) is 0.0892. The van der Waals surface area contributed by atoms with Crippen LogP contribution >= 0.6 is 0 Å². The van der Waals surface area contributed by atoms with E-state index >= 15 is 0 Å². The molecule has 14 heavy (non-hydrogen) atoms. The number of benzene rings is 1. The van der Waals surface area contributed by atoms with Crippen LogP contribution in [0.4, 0.5) is 10.1 Å². The lowest BCUT2D eigenvalue weighted by Crippen LogP contribution is -2.27. The fraction of sp³-hybridized carbons (Fsp3) is 0.455. The first kappa shape index (κ1) is 9.31. The van der Waals surface area contributed by atoms with Gasteiger partial charge >= 0.3 is 0 Å². The number of ether oxygens (including phenoxy) is 1. The molecule has 0 amide bonds. The number of methoxy groups -OCH3 is 1. The Labute approximate surface area is 83.1 Å². The maximum absolute atomic E-state index is 13.8. The van der Waals surface area contributed by atoms with E-state index in [0.717, 1.165) is 11.3 Å². The molecule has 0 saturated carbocycles. The highest BCUT2D eigenvalue weighted by atomic mass is 19.1. The Morgan fingerprint density at radius 1 is 1.43 bits per heavy atom. The Kier molecular flexibility index (Phi) is 1.91. The molecule has 0 saturated heterocycles. The van der Waals surface area contributed by atoms with Gasteiger partial charge in [-0.25, -0.2) is 4.39 Å². The number of fused-ring (bicyclic) bond motifs is 1. The molecule has 0 radical (unpaired) electrons. The quantitative estimate of drug-likeness (QED) is 0.743. The van der Waals surface area contributed by atoms with E-state index in [1.807, 2.05) is 6.07 Å². The molecule has 1 aromatic rings. The Morgan fingerprint density at radius 2 is 2.14 bits per heavy atom. The molecule has 2 nitrogen and oxygen atoms in total. The van der Waals surface area contributed by atoms with Gasteiger partial charge in [0.1, 0.15) is 0 Å². The zero-order valence-electron chi connectivity index (χ0n) is 8.65. The van der Waals surface area contributed by atoms with E-state index in [0.29, 0.717) is 12.2 Å². The molecule has 0 fully saturated rings. The standard InChI is InChI=1S/C11H14FNO/c1-11(2)6-7-8(13-11)4-5-9(14-3)10(7)12/h4-5,13H,6H2,1-3H3. The molecule has 3 heteroatoms. The lowest BCUT2D eigenvalue weighted by atomic mass is 10.00. The van der Waals surface area contributed by atoms with Crippen LogP contribution in [-0.2, 0) is 6.42 Å². The molecule has 1 aromatic carbocycles. The highest BCUT2D eigenvalue weighted by Gasteiger charge is 2.30. The minimum atomic E-state index is -0.233. The highest BCUT2D eigenvalue weighted by Crippen LogP contribution is 2.37. The molecule has 76 valence electrons.